The Morgan fingerprint density at radius 2 is 1.80 bits per heavy atom. The van der Waals surface area contributed by atoms with Crippen LogP contribution in [0.3, 0.4) is 0 Å². The van der Waals surface area contributed by atoms with Crippen LogP contribution in [0.25, 0.3) is 0 Å². The number of rotatable bonds is 4. The Kier molecular flexibility index (Phi) is 4.77. The van der Waals surface area contributed by atoms with Gasteiger partial charge in [-0.2, -0.15) is 0 Å². The molecule has 132 valence electrons. The van der Waals surface area contributed by atoms with E-state index in [0.29, 0.717) is 34.2 Å². The van der Waals surface area contributed by atoms with E-state index in [0.717, 1.165) is 11.1 Å². The first kappa shape index (κ1) is 17.4. The molecule has 2 atom stereocenters. The summed E-state index contributed by atoms with van der Waals surface area (Å²) in [6.45, 7) is 1.98. The highest BCUT2D eigenvalue weighted by molar-refractivity contribution is 6.31. The summed E-state index contributed by atoms with van der Waals surface area (Å²) >= 11 is 6.39. The van der Waals surface area contributed by atoms with Gasteiger partial charge in [0.2, 0.25) is 5.91 Å². The third-order valence-electron chi connectivity index (χ3n) is 4.66. The van der Waals surface area contributed by atoms with Crippen molar-refractivity contribution in [1.29, 1.82) is 0 Å². The lowest BCUT2D eigenvalue weighted by atomic mass is 9.81. The van der Waals surface area contributed by atoms with Crippen LogP contribution in [-0.4, -0.2) is 20.1 Å². The number of hydrogen-bond acceptors (Lipinski definition) is 4. The first-order valence-electron chi connectivity index (χ1n) is 8.11. The summed E-state index contributed by atoms with van der Waals surface area (Å²) in [6.07, 6.45) is 0.680. The smallest absolute Gasteiger partial charge is 0.228 e. The van der Waals surface area contributed by atoms with E-state index >= 15 is 0 Å². The molecule has 0 radical (unpaired) electrons. The minimum absolute atomic E-state index is 0.0495. The first-order chi connectivity index (χ1) is 12.0. The summed E-state index contributed by atoms with van der Waals surface area (Å²) in [6, 6.07) is 8.67. The molecule has 1 aliphatic rings. The van der Waals surface area contributed by atoms with Crippen LogP contribution in [0.15, 0.2) is 30.3 Å². The summed E-state index contributed by atoms with van der Waals surface area (Å²) in [5.74, 6) is 0.893. The first-order valence-corrected chi connectivity index (χ1v) is 8.49. The molecule has 2 unspecified atom stereocenters. The number of benzene rings is 2. The maximum atomic E-state index is 12.7. The molecule has 2 aromatic rings. The SMILES string of the molecule is CCC1C(=O)NC(c2c(N)cccc2Cl)c2cc(OC)c(OC)cc21. The van der Waals surface area contributed by atoms with Crippen LogP contribution in [0.2, 0.25) is 5.02 Å². The van der Waals surface area contributed by atoms with Crippen molar-refractivity contribution in [1.82, 2.24) is 5.32 Å². The molecule has 1 heterocycles. The van der Waals surface area contributed by atoms with Gasteiger partial charge in [-0.3, -0.25) is 4.79 Å². The van der Waals surface area contributed by atoms with E-state index in [9.17, 15) is 4.79 Å². The lowest BCUT2D eigenvalue weighted by molar-refractivity contribution is -0.123. The number of fused-ring (bicyclic) bond motifs is 1. The number of carbonyl (C=O) groups excluding carboxylic acids is 1. The van der Waals surface area contributed by atoms with Crippen LogP contribution >= 0.6 is 11.6 Å². The molecule has 0 fully saturated rings. The molecule has 3 rings (SSSR count). The second kappa shape index (κ2) is 6.84. The lowest BCUT2D eigenvalue weighted by Crippen LogP contribution is -2.39. The maximum absolute atomic E-state index is 12.7. The van der Waals surface area contributed by atoms with E-state index in [2.05, 4.69) is 5.32 Å². The zero-order valence-electron chi connectivity index (χ0n) is 14.4. The van der Waals surface area contributed by atoms with Crippen LogP contribution in [-0.2, 0) is 4.79 Å². The van der Waals surface area contributed by atoms with Crippen molar-refractivity contribution < 1.29 is 14.3 Å². The third-order valence-corrected chi connectivity index (χ3v) is 4.99. The van der Waals surface area contributed by atoms with Gasteiger partial charge >= 0.3 is 0 Å². The second-order valence-corrected chi connectivity index (χ2v) is 6.39. The highest BCUT2D eigenvalue weighted by atomic mass is 35.5. The predicted molar refractivity (Wildman–Crippen MR) is 98.4 cm³/mol. The molecule has 0 spiro atoms. The average molecular weight is 361 g/mol. The topological polar surface area (TPSA) is 73.6 Å². The Balaban J connectivity index is 2.26. The van der Waals surface area contributed by atoms with Crippen LogP contribution < -0.4 is 20.5 Å². The minimum Gasteiger partial charge on any atom is -0.493 e. The standard InChI is InChI=1S/C19H21ClN2O3/c1-4-10-11-8-15(24-2)16(25-3)9-12(11)18(22-19(10)23)17-13(20)6-5-7-14(17)21/h5-10,18H,4,21H2,1-3H3,(H,22,23). The number of ether oxygens (including phenoxy) is 2. The normalized spacial score (nSPS) is 19.1. The van der Waals surface area contributed by atoms with E-state index < -0.39 is 6.04 Å². The Bertz CT molecular complexity index is 802. The number of carbonyl (C=O) groups is 1. The molecule has 1 aliphatic heterocycles. The molecular formula is C19H21ClN2O3. The fourth-order valence-corrected chi connectivity index (χ4v) is 3.71. The number of nitrogen functional groups attached to an aromatic ring is 1. The zero-order valence-corrected chi connectivity index (χ0v) is 15.2. The van der Waals surface area contributed by atoms with Crippen molar-refractivity contribution in [3.05, 3.63) is 52.0 Å². The zero-order chi connectivity index (χ0) is 18.1. The van der Waals surface area contributed by atoms with Crippen molar-refractivity contribution in [3.63, 3.8) is 0 Å². The highest BCUT2D eigenvalue weighted by Gasteiger charge is 2.35. The van der Waals surface area contributed by atoms with Crippen molar-refractivity contribution >= 4 is 23.2 Å². The number of methoxy groups -OCH3 is 2. The van der Waals surface area contributed by atoms with Crippen molar-refractivity contribution in [2.75, 3.05) is 20.0 Å². The van der Waals surface area contributed by atoms with E-state index in [-0.39, 0.29) is 11.8 Å². The predicted octanol–water partition coefficient (Wildman–Crippen LogP) is 3.65. The number of hydrogen-bond donors (Lipinski definition) is 2. The van der Waals surface area contributed by atoms with Gasteiger partial charge < -0.3 is 20.5 Å². The molecule has 0 aliphatic carbocycles. The Morgan fingerprint density at radius 1 is 1.16 bits per heavy atom. The highest BCUT2D eigenvalue weighted by Crippen LogP contribution is 2.44. The van der Waals surface area contributed by atoms with Crippen molar-refractivity contribution in [2.45, 2.75) is 25.3 Å². The van der Waals surface area contributed by atoms with Crippen LogP contribution in [0, 0.1) is 0 Å². The largest absolute Gasteiger partial charge is 0.493 e. The summed E-state index contributed by atoms with van der Waals surface area (Å²) in [4.78, 5) is 12.7. The van der Waals surface area contributed by atoms with E-state index in [1.807, 2.05) is 19.1 Å². The Hall–Kier alpha value is -2.40. The van der Waals surface area contributed by atoms with Gasteiger partial charge in [-0.1, -0.05) is 24.6 Å². The molecule has 3 N–H and O–H groups in total. The van der Waals surface area contributed by atoms with Gasteiger partial charge in [0.05, 0.1) is 26.2 Å². The third kappa shape index (κ3) is 2.89. The number of nitrogens with two attached hydrogens (primary N) is 1. The molecule has 0 saturated heterocycles. The van der Waals surface area contributed by atoms with Gasteiger partial charge in [-0.25, -0.2) is 0 Å². The fourth-order valence-electron chi connectivity index (χ4n) is 3.42. The molecule has 0 saturated carbocycles. The molecule has 1 amide bonds. The summed E-state index contributed by atoms with van der Waals surface area (Å²) in [5.41, 5.74) is 9.22. The molecule has 6 heteroatoms. The minimum atomic E-state index is -0.432. The van der Waals surface area contributed by atoms with Gasteiger partial charge in [-0.15, -0.1) is 0 Å². The Morgan fingerprint density at radius 3 is 2.36 bits per heavy atom. The second-order valence-electron chi connectivity index (χ2n) is 5.98. The van der Waals surface area contributed by atoms with Gasteiger partial charge in [0.25, 0.3) is 0 Å². The maximum Gasteiger partial charge on any atom is 0.228 e. The van der Waals surface area contributed by atoms with Gasteiger partial charge in [0.1, 0.15) is 0 Å². The Labute approximate surface area is 152 Å². The van der Waals surface area contributed by atoms with Gasteiger partial charge in [0, 0.05) is 16.3 Å². The van der Waals surface area contributed by atoms with Gasteiger partial charge in [0.15, 0.2) is 11.5 Å². The van der Waals surface area contributed by atoms with Crippen LogP contribution in [0.5, 0.6) is 11.5 Å². The van der Waals surface area contributed by atoms with E-state index in [4.69, 9.17) is 26.8 Å². The van der Waals surface area contributed by atoms with E-state index in [1.165, 1.54) is 0 Å². The lowest BCUT2D eigenvalue weighted by Gasteiger charge is -2.33. The number of anilines is 1. The number of nitrogens with one attached hydrogen (secondary N) is 1. The molecule has 0 aromatic heterocycles. The quantitative estimate of drug-likeness (QED) is 0.816. The van der Waals surface area contributed by atoms with Crippen molar-refractivity contribution in [3.8, 4) is 11.5 Å². The van der Waals surface area contributed by atoms with Crippen LogP contribution in [0.4, 0.5) is 5.69 Å². The monoisotopic (exact) mass is 360 g/mol. The average Bonchev–Trinajstić information content (AvgIpc) is 2.60. The van der Waals surface area contributed by atoms with E-state index in [1.54, 1.807) is 32.4 Å². The fraction of sp³-hybridized carbons (Fsp3) is 0.316. The summed E-state index contributed by atoms with van der Waals surface area (Å²) in [5, 5.41) is 3.58. The van der Waals surface area contributed by atoms with Crippen molar-refractivity contribution in [2.24, 2.45) is 0 Å². The molecule has 0 bridgehead atoms. The summed E-state index contributed by atoms with van der Waals surface area (Å²) < 4.78 is 10.9. The van der Waals surface area contributed by atoms with Crippen LogP contribution in [0.1, 0.15) is 42.0 Å². The summed E-state index contributed by atoms with van der Waals surface area (Å²) in [7, 11) is 3.17. The number of halogens is 1. The molecular weight excluding hydrogens is 340 g/mol. The number of amides is 1. The van der Waals surface area contributed by atoms with Gasteiger partial charge in [-0.05, 0) is 41.8 Å². The molecule has 25 heavy (non-hydrogen) atoms. The molecule has 5 nitrogen and oxygen atoms in total. The molecule has 2 aromatic carbocycles.